The summed E-state index contributed by atoms with van der Waals surface area (Å²) in [6.45, 7) is 1.70. The summed E-state index contributed by atoms with van der Waals surface area (Å²) < 4.78 is 0.239. The average molecular weight is 352 g/mol. The lowest BCUT2D eigenvalue weighted by molar-refractivity contribution is -0.385. The molecular weight excluding hydrogens is 342 g/mol. The molecule has 0 aliphatic carbocycles. The molecule has 0 aliphatic rings. The Morgan fingerprint density at radius 1 is 1.38 bits per heavy atom. The van der Waals surface area contributed by atoms with Crippen LogP contribution < -0.4 is 10.7 Å². The number of benzene rings is 1. The number of nitrogens with zero attached hydrogens (tertiary/aromatic N) is 1. The maximum atomic E-state index is 12.0. The van der Waals surface area contributed by atoms with E-state index in [9.17, 15) is 19.7 Å². The highest BCUT2D eigenvalue weighted by Crippen LogP contribution is 2.27. The van der Waals surface area contributed by atoms with Gasteiger partial charge in [0.15, 0.2) is 5.43 Å². The van der Waals surface area contributed by atoms with Gasteiger partial charge < -0.3 is 10.3 Å². The number of anilines is 1. The zero-order valence-corrected chi connectivity index (χ0v) is 12.4. The highest BCUT2D eigenvalue weighted by Gasteiger charge is 2.14. The van der Waals surface area contributed by atoms with Crippen molar-refractivity contribution in [3.05, 3.63) is 66.5 Å². The Hall–Kier alpha value is -2.48. The molecule has 2 aromatic rings. The third-order valence-corrected chi connectivity index (χ3v) is 3.34. The van der Waals surface area contributed by atoms with Crippen LogP contribution in [-0.2, 0) is 0 Å². The Morgan fingerprint density at radius 3 is 2.67 bits per heavy atom. The van der Waals surface area contributed by atoms with E-state index in [1.807, 2.05) is 0 Å². The molecule has 0 spiro atoms. The zero-order valence-electron chi connectivity index (χ0n) is 10.8. The topological polar surface area (TPSA) is 105 Å². The normalized spacial score (nSPS) is 10.2. The van der Waals surface area contributed by atoms with E-state index in [1.165, 1.54) is 30.5 Å². The highest BCUT2D eigenvalue weighted by molar-refractivity contribution is 9.10. The number of hydrogen-bond donors (Lipinski definition) is 2. The van der Waals surface area contributed by atoms with Crippen LogP contribution in [0.4, 0.5) is 11.4 Å². The lowest BCUT2D eigenvalue weighted by Gasteiger charge is -2.06. The number of nitrogens with one attached hydrogen (secondary N) is 2. The van der Waals surface area contributed by atoms with Crippen LogP contribution in [0.15, 0.2) is 39.7 Å². The number of amides is 1. The van der Waals surface area contributed by atoms with Gasteiger partial charge in [0, 0.05) is 29.7 Å². The SMILES string of the molecule is Cc1cc(=O)c(C(=O)Nc2ccc([N+](=O)[O-])c(Br)c2)c[nH]1. The van der Waals surface area contributed by atoms with Gasteiger partial charge in [0.25, 0.3) is 11.6 Å². The fourth-order valence-corrected chi connectivity index (χ4v) is 2.21. The molecule has 0 atom stereocenters. The minimum absolute atomic E-state index is 0.0323. The molecular formula is C13H10BrN3O4. The molecule has 0 saturated heterocycles. The minimum atomic E-state index is -0.586. The molecule has 1 heterocycles. The van der Waals surface area contributed by atoms with Gasteiger partial charge in [0.1, 0.15) is 5.56 Å². The number of carbonyl (C=O) groups is 1. The van der Waals surface area contributed by atoms with Gasteiger partial charge in [-0.2, -0.15) is 0 Å². The third-order valence-electron chi connectivity index (χ3n) is 2.70. The lowest BCUT2D eigenvalue weighted by atomic mass is 10.2. The third kappa shape index (κ3) is 3.34. The smallest absolute Gasteiger partial charge is 0.283 e. The molecule has 0 unspecified atom stereocenters. The van der Waals surface area contributed by atoms with E-state index in [-0.39, 0.29) is 15.7 Å². The number of aryl methyl sites for hydroxylation is 1. The first kappa shape index (κ1) is 14.9. The van der Waals surface area contributed by atoms with E-state index in [2.05, 4.69) is 26.2 Å². The molecule has 0 saturated carbocycles. The van der Waals surface area contributed by atoms with Crippen LogP contribution >= 0.6 is 15.9 Å². The molecule has 1 aromatic carbocycles. The van der Waals surface area contributed by atoms with Crippen LogP contribution in [-0.4, -0.2) is 15.8 Å². The minimum Gasteiger partial charge on any atom is -0.364 e. The second-order valence-corrected chi connectivity index (χ2v) is 5.13. The molecule has 1 amide bonds. The van der Waals surface area contributed by atoms with Crippen LogP contribution in [0.1, 0.15) is 16.1 Å². The van der Waals surface area contributed by atoms with Gasteiger partial charge in [-0.15, -0.1) is 0 Å². The monoisotopic (exact) mass is 351 g/mol. The average Bonchev–Trinajstić information content (AvgIpc) is 2.37. The summed E-state index contributed by atoms with van der Waals surface area (Å²) in [4.78, 5) is 36.6. The van der Waals surface area contributed by atoms with Crippen molar-refractivity contribution in [1.29, 1.82) is 0 Å². The van der Waals surface area contributed by atoms with Crippen molar-refractivity contribution < 1.29 is 9.72 Å². The maximum Gasteiger partial charge on any atom is 0.283 e. The second kappa shape index (κ2) is 5.88. The van der Waals surface area contributed by atoms with Crippen LogP contribution in [0.3, 0.4) is 0 Å². The van der Waals surface area contributed by atoms with Crippen LogP contribution in [0, 0.1) is 17.0 Å². The largest absolute Gasteiger partial charge is 0.364 e. The van der Waals surface area contributed by atoms with Crippen LogP contribution in [0.5, 0.6) is 0 Å². The van der Waals surface area contributed by atoms with Crippen molar-refractivity contribution in [1.82, 2.24) is 4.98 Å². The number of aromatic amines is 1. The summed E-state index contributed by atoms with van der Waals surface area (Å²) in [6.07, 6.45) is 1.33. The Balaban J connectivity index is 2.26. The Labute approximate surface area is 127 Å². The fourth-order valence-electron chi connectivity index (χ4n) is 1.68. The molecule has 2 rings (SSSR count). The molecule has 21 heavy (non-hydrogen) atoms. The lowest BCUT2D eigenvalue weighted by Crippen LogP contribution is -2.21. The first-order valence-corrected chi connectivity index (χ1v) is 6.62. The molecule has 0 bridgehead atoms. The van der Waals surface area contributed by atoms with Crippen molar-refractivity contribution in [3.8, 4) is 0 Å². The Kier molecular flexibility index (Phi) is 4.18. The van der Waals surface area contributed by atoms with E-state index < -0.39 is 16.3 Å². The molecule has 0 fully saturated rings. The number of H-pyrrole nitrogens is 1. The number of aromatic nitrogens is 1. The standard InChI is InChI=1S/C13H10BrN3O4/c1-7-4-12(18)9(6-15-7)13(19)16-8-2-3-11(17(20)21)10(14)5-8/h2-6H,1H3,(H,15,18)(H,16,19). The van der Waals surface area contributed by atoms with Crippen molar-refractivity contribution in [2.45, 2.75) is 6.92 Å². The van der Waals surface area contributed by atoms with Gasteiger partial charge in [0.2, 0.25) is 0 Å². The first-order valence-electron chi connectivity index (χ1n) is 5.83. The Bertz CT molecular complexity index is 785. The van der Waals surface area contributed by atoms with Crippen molar-refractivity contribution in [2.75, 3.05) is 5.32 Å². The van der Waals surface area contributed by atoms with Gasteiger partial charge >= 0.3 is 0 Å². The zero-order chi connectivity index (χ0) is 15.6. The number of carbonyl (C=O) groups excluding carboxylic acids is 1. The predicted molar refractivity (Wildman–Crippen MR) is 80.5 cm³/mol. The molecule has 0 aliphatic heterocycles. The molecule has 108 valence electrons. The summed E-state index contributed by atoms with van der Waals surface area (Å²) in [5.74, 6) is -0.586. The van der Waals surface area contributed by atoms with Crippen molar-refractivity contribution >= 4 is 33.2 Å². The second-order valence-electron chi connectivity index (χ2n) is 4.27. The molecule has 0 radical (unpaired) electrons. The number of halogens is 1. The van der Waals surface area contributed by atoms with Gasteiger partial charge in [-0.1, -0.05) is 0 Å². The van der Waals surface area contributed by atoms with Crippen molar-refractivity contribution in [2.24, 2.45) is 0 Å². The number of nitro groups is 1. The van der Waals surface area contributed by atoms with E-state index in [1.54, 1.807) is 6.92 Å². The number of nitro benzene ring substituents is 1. The summed E-state index contributed by atoms with van der Waals surface area (Å²) in [5, 5.41) is 13.2. The predicted octanol–water partition coefficient (Wildman–Crippen LogP) is 2.61. The van der Waals surface area contributed by atoms with Gasteiger partial charge in [-0.25, -0.2) is 0 Å². The summed E-state index contributed by atoms with van der Waals surface area (Å²) in [6, 6.07) is 5.38. The van der Waals surface area contributed by atoms with E-state index in [0.717, 1.165) is 0 Å². The molecule has 1 aromatic heterocycles. The van der Waals surface area contributed by atoms with Gasteiger partial charge in [-0.3, -0.25) is 19.7 Å². The van der Waals surface area contributed by atoms with Crippen LogP contribution in [0.2, 0.25) is 0 Å². The van der Waals surface area contributed by atoms with E-state index >= 15 is 0 Å². The number of pyridine rings is 1. The Morgan fingerprint density at radius 2 is 2.10 bits per heavy atom. The molecule has 2 N–H and O–H groups in total. The quantitative estimate of drug-likeness (QED) is 0.654. The number of hydrogen-bond acceptors (Lipinski definition) is 4. The van der Waals surface area contributed by atoms with Crippen LogP contribution in [0.25, 0.3) is 0 Å². The summed E-state index contributed by atoms with van der Waals surface area (Å²) >= 11 is 3.06. The summed E-state index contributed by atoms with van der Waals surface area (Å²) in [7, 11) is 0. The number of rotatable bonds is 3. The van der Waals surface area contributed by atoms with Gasteiger partial charge in [-0.05, 0) is 35.0 Å². The highest BCUT2D eigenvalue weighted by atomic mass is 79.9. The first-order chi connectivity index (χ1) is 9.88. The summed E-state index contributed by atoms with van der Waals surface area (Å²) in [5.41, 5.74) is 0.452. The van der Waals surface area contributed by atoms with E-state index in [4.69, 9.17) is 0 Å². The molecule has 7 nitrogen and oxygen atoms in total. The molecule has 8 heteroatoms. The maximum absolute atomic E-state index is 12.0. The van der Waals surface area contributed by atoms with Crippen molar-refractivity contribution in [3.63, 3.8) is 0 Å². The van der Waals surface area contributed by atoms with Gasteiger partial charge in [0.05, 0.1) is 9.40 Å². The fraction of sp³-hybridized carbons (Fsp3) is 0.0769. The van der Waals surface area contributed by atoms with E-state index in [0.29, 0.717) is 11.4 Å².